The monoisotopic (exact) mass is 305 g/mol. The van der Waals surface area contributed by atoms with E-state index in [-0.39, 0.29) is 0 Å². The zero-order chi connectivity index (χ0) is 16.1. The first-order chi connectivity index (χ1) is 9.70. The molecule has 1 rings (SSSR count). The van der Waals surface area contributed by atoms with E-state index in [2.05, 4.69) is 16.7 Å². The lowest BCUT2D eigenvalue weighted by Gasteiger charge is -2.32. The van der Waals surface area contributed by atoms with Crippen LogP contribution < -0.4 is 10.6 Å². The van der Waals surface area contributed by atoms with Crippen molar-refractivity contribution in [2.75, 3.05) is 6.54 Å². The molecule has 0 aromatic carbocycles. The summed E-state index contributed by atoms with van der Waals surface area (Å²) in [7, 11) is 0. The van der Waals surface area contributed by atoms with Crippen LogP contribution in [0.5, 0.6) is 0 Å². The molecule has 120 valence electrons. The molecule has 0 spiro atoms. The van der Waals surface area contributed by atoms with E-state index < -0.39 is 36.1 Å². The van der Waals surface area contributed by atoms with Crippen LogP contribution in [0.15, 0.2) is 0 Å². The lowest BCUT2D eigenvalue weighted by molar-refractivity contribution is -0.165. The average Bonchev–Trinajstić information content (AvgIpc) is 2.37. The number of carbonyl (C=O) groups excluding carboxylic acids is 1. The topological polar surface area (TPSA) is 64.9 Å². The van der Waals surface area contributed by atoms with E-state index >= 15 is 0 Å². The Bertz CT molecular complexity index is 395. The molecule has 1 fully saturated rings. The lowest BCUT2D eigenvalue weighted by atomic mass is 9.83. The highest BCUT2D eigenvalue weighted by molar-refractivity contribution is 5.79. The van der Waals surface area contributed by atoms with Gasteiger partial charge in [-0.1, -0.05) is 33.1 Å². The molecule has 0 bridgehead atoms. The predicted molar refractivity (Wildman–Crippen MR) is 72.3 cm³/mol. The molecule has 0 heterocycles. The van der Waals surface area contributed by atoms with Crippen LogP contribution in [0.2, 0.25) is 0 Å². The number of hydrogen-bond acceptors (Lipinski definition) is 3. The van der Waals surface area contributed by atoms with Gasteiger partial charge in [-0.3, -0.25) is 10.1 Å². The molecule has 7 heteroatoms. The van der Waals surface area contributed by atoms with Crippen molar-refractivity contribution in [2.45, 2.75) is 63.7 Å². The molecule has 0 aliphatic heterocycles. The lowest BCUT2D eigenvalue weighted by Crippen LogP contribution is -2.54. The Morgan fingerprint density at radius 1 is 1.29 bits per heavy atom. The van der Waals surface area contributed by atoms with Crippen LogP contribution in [0.25, 0.3) is 0 Å². The van der Waals surface area contributed by atoms with Crippen LogP contribution in [0.4, 0.5) is 13.2 Å². The summed E-state index contributed by atoms with van der Waals surface area (Å²) in [6.45, 7) is 2.45. The number of nitrogens with zero attached hydrogens (tertiary/aromatic N) is 1. The molecule has 2 N–H and O–H groups in total. The molecule has 1 saturated carbocycles. The first kappa shape index (κ1) is 17.8. The first-order valence-corrected chi connectivity index (χ1v) is 7.22. The van der Waals surface area contributed by atoms with Gasteiger partial charge in [0.2, 0.25) is 5.91 Å². The Kier molecular flexibility index (Phi) is 6.02. The number of alkyl halides is 3. The Balaban J connectivity index is 2.55. The van der Waals surface area contributed by atoms with Crippen molar-refractivity contribution < 1.29 is 18.0 Å². The minimum atomic E-state index is -4.40. The molecule has 0 radical (unpaired) electrons. The zero-order valence-corrected chi connectivity index (χ0v) is 12.4. The minimum absolute atomic E-state index is 0.439. The number of nitrogens with one attached hydrogen (secondary N) is 2. The third-order valence-corrected chi connectivity index (χ3v) is 3.80. The maximum atomic E-state index is 12.8. The number of amides is 1. The van der Waals surface area contributed by atoms with Crippen molar-refractivity contribution in [3.05, 3.63) is 0 Å². The Morgan fingerprint density at radius 2 is 1.86 bits per heavy atom. The largest absolute Gasteiger partial charge is 0.404 e. The van der Waals surface area contributed by atoms with E-state index in [1.54, 1.807) is 0 Å². The number of rotatable bonds is 5. The second kappa shape index (κ2) is 7.12. The normalized spacial score (nSPS) is 19.9. The molecule has 4 nitrogen and oxygen atoms in total. The molecular formula is C14H22F3N3O. The molecular weight excluding hydrogens is 283 g/mol. The van der Waals surface area contributed by atoms with Gasteiger partial charge < -0.3 is 5.32 Å². The van der Waals surface area contributed by atoms with E-state index in [1.807, 2.05) is 0 Å². The fraction of sp³-hybridized carbons (Fsp3) is 0.857. The van der Waals surface area contributed by atoms with Gasteiger partial charge in [0.15, 0.2) is 0 Å². The summed E-state index contributed by atoms with van der Waals surface area (Å²) < 4.78 is 38.3. The molecule has 1 aliphatic carbocycles. The van der Waals surface area contributed by atoms with Crippen molar-refractivity contribution >= 4 is 5.91 Å². The van der Waals surface area contributed by atoms with Crippen molar-refractivity contribution in [3.63, 3.8) is 0 Å². The highest BCUT2D eigenvalue weighted by atomic mass is 19.4. The van der Waals surface area contributed by atoms with Gasteiger partial charge in [-0.15, -0.1) is 0 Å². The Labute approximate surface area is 123 Å². The maximum absolute atomic E-state index is 12.8. The van der Waals surface area contributed by atoms with Crippen molar-refractivity contribution in [2.24, 2.45) is 5.92 Å². The van der Waals surface area contributed by atoms with Crippen molar-refractivity contribution in [3.8, 4) is 6.07 Å². The van der Waals surface area contributed by atoms with Crippen molar-refractivity contribution in [1.29, 1.82) is 5.26 Å². The Hall–Kier alpha value is -1.29. The van der Waals surface area contributed by atoms with Crippen LogP contribution in [0, 0.1) is 17.2 Å². The third kappa shape index (κ3) is 5.20. The van der Waals surface area contributed by atoms with Crippen LogP contribution in [0.1, 0.15) is 46.0 Å². The Morgan fingerprint density at radius 3 is 2.29 bits per heavy atom. The van der Waals surface area contributed by atoms with Gasteiger partial charge in [0.05, 0.1) is 12.6 Å². The smallest absolute Gasteiger partial charge is 0.337 e. The van der Waals surface area contributed by atoms with Gasteiger partial charge in [-0.05, 0) is 18.8 Å². The van der Waals surface area contributed by atoms with Crippen LogP contribution in [-0.2, 0) is 4.79 Å². The number of halogens is 3. The summed E-state index contributed by atoms with van der Waals surface area (Å²) in [5.41, 5.74) is -0.914. The van der Waals surface area contributed by atoms with E-state index in [1.165, 1.54) is 13.8 Å². The van der Waals surface area contributed by atoms with E-state index in [9.17, 15) is 23.2 Å². The maximum Gasteiger partial charge on any atom is 0.404 e. The summed E-state index contributed by atoms with van der Waals surface area (Å²) in [6.07, 6.45) is -0.575. The van der Waals surface area contributed by atoms with Crippen molar-refractivity contribution in [1.82, 2.24) is 10.6 Å². The molecule has 0 unspecified atom stereocenters. The summed E-state index contributed by atoms with van der Waals surface area (Å²) >= 11 is 0. The van der Waals surface area contributed by atoms with E-state index in [0.717, 1.165) is 19.3 Å². The zero-order valence-electron chi connectivity index (χ0n) is 12.4. The first-order valence-electron chi connectivity index (χ1n) is 7.22. The summed E-state index contributed by atoms with van der Waals surface area (Å²) in [5, 5.41) is 14.1. The summed E-state index contributed by atoms with van der Waals surface area (Å²) in [4.78, 5) is 11.8. The predicted octanol–water partition coefficient (Wildman–Crippen LogP) is 2.51. The molecule has 1 aliphatic rings. The second-order valence-corrected chi connectivity index (χ2v) is 5.95. The number of carbonyl (C=O) groups is 1. The van der Waals surface area contributed by atoms with Gasteiger partial charge in [0.1, 0.15) is 11.6 Å². The van der Waals surface area contributed by atoms with E-state index in [0.29, 0.717) is 12.8 Å². The van der Waals surface area contributed by atoms with Gasteiger partial charge in [-0.25, -0.2) is 0 Å². The molecule has 0 saturated heterocycles. The van der Waals surface area contributed by atoms with Gasteiger partial charge in [-0.2, -0.15) is 18.4 Å². The minimum Gasteiger partial charge on any atom is -0.337 e. The second-order valence-electron chi connectivity index (χ2n) is 5.95. The van der Waals surface area contributed by atoms with Crippen LogP contribution >= 0.6 is 0 Å². The molecule has 1 atom stereocenters. The third-order valence-electron chi connectivity index (χ3n) is 3.80. The number of hydrogen-bond donors (Lipinski definition) is 2. The SMILES string of the molecule is CC(C)[C@H](NCC(=O)NC1(C#N)CCCCC1)C(F)(F)F. The summed E-state index contributed by atoms with van der Waals surface area (Å²) in [5.74, 6) is -1.23. The quantitative estimate of drug-likeness (QED) is 0.820. The van der Waals surface area contributed by atoms with Crippen LogP contribution in [0.3, 0.4) is 0 Å². The standard InChI is InChI=1S/C14H22F3N3O/c1-10(2)12(14(15,16)17)19-8-11(21)20-13(9-18)6-4-3-5-7-13/h10,12,19H,3-8H2,1-2H3,(H,20,21)/t12-/m0/s1. The summed E-state index contributed by atoms with van der Waals surface area (Å²) in [6, 6.07) is 0.378. The van der Waals surface area contributed by atoms with Gasteiger partial charge in [0, 0.05) is 0 Å². The molecule has 21 heavy (non-hydrogen) atoms. The highest BCUT2D eigenvalue weighted by Crippen LogP contribution is 2.28. The molecule has 0 aromatic heterocycles. The van der Waals surface area contributed by atoms with Crippen LogP contribution in [-0.4, -0.2) is 30.2 Å². The van der Waals surface area contributed by atoms with E-state index in [4.69, 9.17) is 0 Å². The fourth-order valence-corrected chi connectivity index (χ4v) is 2.66. The molecule has 1 amide bonds. The fourth-order valence-electron chi connectivity index (χ4n) is 2.66. The molecule has 0 aromatic rings. The average molecular weight is 305 g/mol. The number of nitriles is 1. The van der Waals surface area contributed by atoms with Gasteiger partial charge in [0.25, 0.3) is 0 Å². The van der Waals surface area contributed by atoms with Gasteiger partial charge >= 0.3 is 6.18 Å². The highest BCUT2D eigenvalue weighted by Gasteiger charge is 2.42.